The molecule has 0 spiro atoms. The van der Waals surface area contributed by atoms with Crippen LogP contribution in [0.15, 0.2) is 60.9 Å². The standard InChI is InChI=1S/C20H20N6O3/c1-13(27)14-7-9-15(10-8-14)24-19-18(21)20(23-12-22-19)26-25-17(28)11-29-16-5-3-2-4-6-16/h2-10,12H,11,21H2,1H3,(H,25,28)(H2,22,23,24,26). The summed E-state index contributed by atoms with van der Waals surface area (Å²) in [4.78, 5) is 31.4. The number of para-hydroxylation sites is 1. The number of benzene rings is 2. The highest BCUT2D eigenvalue weighted by Gasteiger charge is 2.10. The molecule has 5 N–H and O–H groups in total. The molecule has 29 heavy (non-hydrogen) atoms. The van der Waals surface area contributed by atoms with Crippen LogP contribution in [0.25, 0.3) is 0 Å². The van der Waals surface area contributed by atoms with Crippen LogP contribution in [-0.2, 0) is 4.79 Å². The fourth-order valence-electron chi connectivity index (χ4n) is 2.35. The summed E-state index contributed by atoms with van der Waals surface area (Å²) >= 11 is 0. The molecular weight excluding hydrogens is 372 g/mol. The summed E-state index contributed by atoms with van der Waals surface area (Å²) in [5.41, 5.74) is 12.7. The molecule has 2 aromatic carbocycles. The lowest BCUT2D eigenvalue weighted by Crippen LogP contribution is -2.34. The van der Waals surface area contributed by atoms with E-state index >= 15 is 0 Å². The van der Waals surface area contributed by atoms with Crippen LogP contribution in [0.5, 0.6) is 5.75 Å². The summed E-state index contributed by atoms with van der Waals surface area (Å²) in [5.74, 6) is 0.757. The Balaban J connectivity index is 1.58. The molecule has 0 aliphatic rings. The van der Waals surface area contributed by atoms with Crippen molar-refractivity contribution in [2.45, 2.75) is 6.92 Å². The molecule has 0 saturated heterocycles. The Bertz CT molecular complexity index is 993. The number of rotatable bonds is 8. The first-order valence-corrected chi connectivity index (χ1v) is 8.74. The Hall–Kier alpha value is -4.14. The third-order valence-corrected chi connectivity index (χ3v) is 3.87. The third-order valence-electron chi connectivity index (χ3n) is 3.87. The van der Waals surface area contributed by atoms with Gasteiger partial charge in [-0.05, 0) is 43.3 Å². The number of aromatic nitrogens is 2. The topological polar surface area (TPSA) is 131 Å². The molecular formula is C20H20N6O3. The summed E-state index contributed by atoms with van der Waals surface area (Å²) in [6, 6.07) is 15.9. The number of nitrogens with zero attached hydrogens (tertiary/aromatic N) is 2. The SMILES string of the molecule is CC(=O)c1ccc(Nc2ncnc(NNC(=O)COc3ccccc3)c2N)cc1. The second kappa shape index (κ2) is 9.18. The number of nitrogen functional groups attached to an aromatic ring is 1. The zero-order chi connectivity index (χ0) is 20.6. The molecule has 148 valence electrons. The van der Waals surface area contributed by atoms with Crippen LogP contribution >= 0.6 is 0 Å². The summed E-state index contributed by atoms with van der Waals surface area (Å²) < 4.78 is 5.36. The number of carbonyl (C=O) groups excluding carboxylic acids is 2. The van der Waals surface area contributed by atoms with Gasteiger partial charge in [-0.3, -0.25) is 20.4 Å². The number of anilines is 4. The molecule has 9 nitrogen and oxygen atoms in total. The molecule has 0 aliphatic heterocycles. The van der Waals surface area contributed by atoms with E-state index in [1.165, 1.54) is 13.3 Å². The van der Waals surface area contributed by atoms with Crippen LogP contribution in [0.2, 0.25) is 0 Å². The molecule has 1 aromatic heterocycles. The number of ether oxygens (including phenoxy) is 1. The smallest absolute Gasteiger partial charge is 0.276 e. The van der Waals surface area contributed by atoms with E-state index in [2.05, 4.69) is 26.1 Å². The van der Waals surface area contributed by atoms with E-state index in [0.29, 0.717) is 22.8 Å². The van der Waals surface area contributed by atoms with E-state index in [9.17, 15) is 9.59 Å². The molecule has 3 aromatic rings. The van der Waals surface area contributed by atoms with Crippen LogP contribution in [0.4, 0.5) is 23.0 Å². The first-order valence-electron chi connectivity index (χ1n) is 8.74. The molecule has 0 radical (unpaired) electrons. The summed E-state index contributed by atoms with van der Waals surface area (Å²) in [6.07, 6.45) is 1.30. The predicted octanol–water partition coefficient (Wildman–Crippen LogP) is 2.53. The number of hydrazine groups is 1. The highest BCUT2D eigenvalue weighted by atomic mass is 16.5. The van der Waals surface area contributed by atoms with Gasteiger partial charge in [0.15, 0.2) is 24.0 Å². The number of carbonyl (C=O) groups is 2. The molecule has 1 amide bonds. The van der Waals surface area contributed by atoms with Gasteiger partial charge >= 0.3 is 0 Å². The van der Waals surface area contributed by atoms with Gasteiger partial charge in [0.2, 0.25) is 0 Å². The van der Waals surface area contributed by atoms with E-state index in [-0.39, 0.29) is 23.9 Å². The van der Waals surface area contributed by atoms with Crippen LogP contribution in [0.3, 0.4) is 0 Å². The van der Waals surface area contributed by atoms with Crippen LogP contribution in [0, 0.1) is 0 Å². The summed E-state index contributed by atoms with van der Waals surface area (Å²) in [6.45, 7) is 1.33. The van der Waals surface area contributed by atoms with Crippen LogP contribution in [-0.4, -0.2) is 28.3 Å². The first kappa shape index (κ1) is 19.6. The number of nitrogens with two attached hydrogens (primary N) is 1. The van der Waals surface area contributed by atoms with Gasteiger partial charge in [-0.2, -0.15) is 0 Å². The van der Waals surface area contributed by atoms with Crippen molar-refractivity contribution in [1.29, 1.82) is 0 Å². The van der Waals surface area contributed by atoms with Crippen molar-refractivity contribution < 1.29 is 14.3 Å². The first-order chi connectivity index (χ1) is 14.0. The normalized spacial score (nSPS) is 10.1. The van der Waals surface area contributed by atoms with Gasteiger partial charge in [0.25, 0.3) is 5.91 Å². The van der Waals surface area contributed by atoms with Gasteiger partial charge in [0, 0.05) is 11.3 Å². The monoisotopic (exact) mass is 392 g/mol. The Morgan fingerprint density at radius 1 is 1.00 bits per heavy atom. The van der Waals surface area contributed by atoms with Crippen molar-refractivity contribution in [3.8, 4) is 5.75 Å². The van der Waals surface area contributed by atoms with Crippen molar-refractivity contribution in [1.82, 2.24) is 15.4 Å². The molecule has 1 heterocycles. The van der Waals surface area contributed by atoms with E-state index in [1.54, 1.807) is 36.4 Å². The van der Waals surface area contributed by atoms with Gasteiger partial charge in [-0.25, -0.2) is 9.97 Å². The summed E-state index contributed by atoms with van der Waals surface area (Å²) in [7, 11) is 0. The predicted molar refractivity (Wildman–Crippen MR) is 110 cm³/mol. The molecule has 0 aliphatic carbocycles. The minimum absolute atomic E-state index is 0.0171. The number of Topliss-reactive ketones (excluding diaryl/α,β-unsaturated/α-hetero) is 1. The minimum Gasteiger partial charge on any atom is -0.484 e. The number of hydrogen-bond donors (Lipinski definition) is 4. The van der Waals surface area contributed by atoms with Gasteiger partial charge in [0.1, 0.15) is 17.8 Å². The number of hydrogen-bond acceptors (Lipinski definition) is 8. The molecule has 9 heteroatoms. The Kier molecular flexibility index (Phi) is 6.21. The molecule has 0 unspecified atom stereocenters. The fraction of sp³-hybridized carbons (Fsp3) is 0.100. The lowest BCUT2D eigenvalue weighted by Gasteiger charge is -2.13. The molecule has 0 saturated carbocycles. The van der Waals surface area contributed by atoms with Crippen molar-refractivity contribution in [2.75, 3.05) is 23.1 Å². The maximum Gasteiger partial charge on any atom is 0.276 e. The largest absolute Gasteiger partial charge is 0.484 e. The second-order valence-corrected chi connectivity index (χ2v) is 6.02. The van der Waals surface area contributed by atoms with E-state index in [1.807, 2.05) is 18.2 Å². The van der Waals surface area contributed by atoms with Crippen LogP contribution in [0.1, 0.15) is 17.3 Å². The minimum atomic E-state index is -0.402. The average molecular weight is 392 g/mol. The number of amides is 1. The fourth-order valence-corrected chi connectivity index (χ4v) is 2.35. The maximum atomic E-state index is 11.9. The molecule has 3 rings (SSSR count). The molecule has 0 bridgehead atoms. The van der Waals surface area contributed by atoms with E-state index in [4.69, 9.17) is 10.5 Å². The average Bonchev–Trinajstić information content (AvgIpc) is 2.74. The lowest BCUT2D eigenvalue weighted by atomic mass is 10.1. The second-order valence-electron chi connectivity index (χ2n) is 6.02. The van der Waals surface area contributed by atoms with Gasteiger partial charge in [-0.1, -0.05) is 18.2 Å². The highest BCUT2D eigenvalue weighted by molar-refractivity contribution is 5.94. The van der Waals surface area contributed by atoms with Gasteiger partial charge < -0.3 is 15.8 Å². The van der Waals surface area contributed by atoms with E-state index in [0.717, 1.165) is 0 Å². The van der Waals surface area contributed by atoms with Crippen molar-refractivity contribution in [3.63, 3.8) is 0 Å². The van der Waals surface area contributed by atoms with Crippen molar-refractivity contribution >= 4 is 34.7 Å². The maximum absolute atomic E-state index is 11.9. The molecule has 0 fully saturated rings. The van der Waals surface area contributed by atoms with Gasteiger partial charge in [-0.15, -0.1) is 0 Å². The molecule has 0 atom stereocenters. The van der Waals surface area contributed by atoms with Crippen LogP contribution < -0.4 is 26.6 Å². The number of nitrogens with one attached hydrogen (secondary N) is 3. The van der Waals surface area contributed by atoms with Crippen molar-refractivity contribution in [2.24, 2.45) is 0 Å². The van der Waals surface area contributed by atoms with E-state index < -0.39 is 5.91 Å². The van der Waals surface area contributed by atoms with Crippen molar-refractivity contribution in [3.05, 3.63) is 66.5 Å². The highest BCUT2D eigenvalue weighted by Crippen LogP contribution is 2.25. The van der Waals surface area contributed by atoms with Gasteiger partial charge in [0.05, 0.1) is 0 Å². The number of ketones is 1. The third kappa shape index (κ3) is 5.42. The Morgan fingerprint density at radius 3 is 2.38 bits per heavy atom. The summed E-state index contributed by atoms with van der Waals surface area (Å²) in [5, 5.41) is 3.05. The zero-order valence-electron chi connectivity index (χ0n) is 15.7. The quantitative estimate of drug-likeness (QED) is 0.340. The Labute approximate surface area is 167 Å². The zero-order valence-corrected chi connectivity index (χ0v) is 15.7. The Morgan fingerprint density at radius 2 is 1.69 bits per heavy atom. The lowest BCUT2D eigenvalue weighted by molar-refractivity contribution is -0.122.